The Bertz CT molecular complexity index is 1300. The van der Waals surface area contributed by atoms with Crippen molar-refractivity contribution < 1.29 is 13.3 Å². The van der Waals surface area contributed by atoms with Crippen molar-refractivity contribution in [1.29, 1.82) is 0 Å². The van der Waals surface area contributed by atoms with Gasteiger partial charge in [-0.1, -0.05) is 54.6 Å². The van der Waals surface area contributed by atoms with E-state index in [1.165, 1.54) is 18.2 Å². The molecule has 0 aliphatic rings. The topological polar surface area (TPSA) is 107 Å². The van der Waals surface area contributed by atoms with Crippen LogP contribution in [-0.4, -0.2) is 22.9 Å². The molecule has 4 rings (SSSR count). The first-order valence-electron chi connectivity index (χ1n) is 8.71. The minimum Gasteiger partial charge on any atom is -0.305 e. The minimum atomic E-state index is -4.23. The first kappa shape index (κ1) is 18.6. The molecule has 0 atom stereocenters. The molecular weight excluding hydrogens is 392 g/mol. The van der Waals surface area contributed by atoms with Gasteiger partial charge in [-0.15, -0.1) is 0 Å². The molecule has 0 fully saturated rings. The molecule has 3 aromatic carbocycles. The molecule has 1 N–H and O–H groups in total. The summed E-state index contributed by atoms with van der Waals surface area (Å²) in [5, 5.41) is 11.3. The van der Waals surface area contributed by atoms with E-state index in [1.54, 1.807) is 10.6 Å². The van der Waals surface area contributed by atoms with Crippen LogP contribution >= 0.6 is 0 Å². The molecule has 4 aromatic rings. The van der Waals surface area contributed by atoms with Crippen molar-refractivity contribution in [2.45, 2.75) is 11.4 Å². The van der Waals surface area contributed by atoms with Crippen LogP contribution in [0.25, 0.3) is 11.0 Å². The fourth-order valence-corrected chi connectivity index (χ4v) is 4.27. The molecule has 0 saturated heterocycles. The summed E-state index contributed by atoms with van der Waals surface area (Å²) in [6.07, 6.45) is 0. The third-order valence-corrected chi connectivity index (χ3v) is 5.79. The standard InChI is InChI=1S/C20H16N4O4S/c25-24(26)18-12-6-7-13-19(18)29(27,28)22-20-21-16-10-4-5-11-17(16)23(20)14-15-8-2-1-3-9-15/h1-13H,14H2,(H,21,22). The van der Waals surface area contributed by atoms with Gasteiger partial charge in [-0.3, -0.25) is 10.1 Å². The van der Waals surface area contributed by atoms with Gasteiger partial charge in [-0.05, 0) is 23.8 Å². The maximum absolute atomic E-state index is 12.9. The molecule has 146 valence electrons. The Morgan fingerprint density at radius 1 is 0.931 bits per heavy atom. The highest BCUT2D eigenvalue weighted by Crippen LogP contribution is 2.27. The fraction of sp³-hybridized carbons (Fsp3) is 0.0500. The number of nitrogens with zero attached hydrogens (tertiary/aromatic N) is 3. The highest BCUT2D eigenvalue weighted by atomic mass is 32.2. The molecule has 0 aliphatic carbocycles. The second-order valence-corrected chi connectivity index (χ2v) is 7.98. The number of hydrogen-bond acceptors (Lipinski definition) is 5. The van der Waals surface area contributed by atoms with Gasteiger partial charge in [0.25, 0.3) is 15.7 Å². The first-order valence-corrected chi connectivity index (χ1v) is 10.2. The quantitative estimate of drug-likeness (QED) is 0.386. The smallest absolute Gasteiger partial charge is 0.289 e. The number of imidazole rings is 1. The number of fused-ring (bicyclic) bond motifs is 1. The third-order valence-electron chi connectivity index (χ3n) is 4.42. The molecule has 9 heteroatoms. The maximum atomic E-state index is 12.9. The van der Waals surface area contributed by atoms with Crippen LogP contribution in [-0.2, 0) is 16.6 Å². The summed E-state index contributed by atoms with van der Waals surface area (Å²) in [6.45, 7) is 0.385. The Morgan fingerprint density at radius 2 is 1.59 bits per heavy atom. The van der Waals surface area contributed by atoms with Gasteiger partial charge in [0.05, 0.1) is 22.5 Å². The van der Waals surface area contributed by atoms with Crippen molar-refractivity contribution >= 4 is 32.7 Å². The lowest BCUT2D eigenvalue weighted by molar-refractivity contribution is -0.387. The van der Waals surface area contributed by atoms with E-state index in [1.807, 2.05) is 48.5 Å². The van der Waals surface area contributed by atoms with E-state index in [-0.39, 0.29) is 5.95 Å². The minimum absolute atomic E-state index is 0.0909. The summed E-state index contributed by atoms with van der Waals surface area (Å²) in [5.74, 6) is 0.0909. The highest BCUT2D eigenvalue weighted by Gasteiger charge is 2.27. The van der Waals surface area contributed by atoms with E-state index in [0.717, 1.165) is 17.1 Å². The van der Waals surface area contributed by atoms with Gasteiger partial charge in [0.2, 0.25) is 5.95 Å². The van der Waals surface area contributed by atoms with E-state index >= 15 is 0 Å². The summed E-state index contributed by atoms with van der Waals surface area (Å²) in [5.41, 5.74) is 1.83. The number of benzene rings is 3. The van der Waals surface area contributed by atoms with Gasteiger partial charge in [0.15, 0.2) is 4.90 Å². The molecule has 1 heterocycles. The van der Waals surface area contributed by atoms with Crippen molar-refractivity contribution in [2.24, 2.45) is 0 Å². The third kappa shape index (κ3) is 3.67. The number of rotatable bonds is 6. The Labute approximate surface area is 166 Å². The van der Waals surface area contributed by atoms with Crippen LogP contribution in [0.2, 0.25) is 0 Å². The molecule has 0 bridgehead atoms. The molecule has 0 amide bonds. The lowest BCUT2D eigenvalue weighted by atomic mass is 10.2. The predicted molar refractivity (Wildman–Crippen MR) is 109 cm³/mol. The summed E-state index contributed by atoms with van der Waals surface area (Å²) in [4.78, 5) is 14.5. The molecule has 0 saturated carbocycles. The van der Waals surface area contributed by atoms with E-state index in [0.29, 0.717) is 12.1 Å². The zero-order chi connectivity index (χ0) is 20.4. The van der Waals surface area contributed by atoms with Gasteiger partial charge in [-0.25, -0.2) is 18.1 Å². The Kier molecular flexibility index (Phi) is 4.73. The van der Waals surface area contributed by atoms with Gasteiger partial charge < -0.3 is 4.57 Å². The van der Waals surface area contributed by atoms with Crippen LogP contribution in [0.1, 0.15) is 5.56 Å². The van der Waals surface area contributed by atoms with Crippen LogP contribution in [0.5, 0.6) is 0 Å². The molecule has 0 radical (unpaired) electrons. The van der Waals surface area contributed by atoms with Crippen molar-refractivity contribution in [2.75, 3.05) is 4.72 Å². The molecule has 0 spiro atoms. The number of sulfonamides is 1. The van der Waals surface area contributed by atoms with Crippen molar-refractivity contribution in [3.63, 3.8) is 0 Å². The van der Waals surface area contributed by atoms with Gasteiger partial charge >= 0.3 is 0 Å². The van der Waals surface area contributed by atoms with Crippen LogP contribution < -0.4 is 4.72 Å². The molecular formula is C20H16N4O4S. The van der Waals surface area contributed by atoms with Crippen molar-refractivity contribution in [3.8, 4) is 0 Å². The average Bonchev–Trinajstić information content (AvgIpc) is 3.05. The SMILES string of the molecule is O=[N+]([O-])c1ccccc1S(=O)(=O)Nc1nc2ccccc2n1Cc1ccccc1. The van der Waals surface area contributed by atoms with Crippen molar-refractivity contribution in [3.05, 3.63) is 94.5 Å². The maximum Gasteiger partial charge on any atom is 0.289 e. The molecule has 0 aliphatic heterocycles. The molecule has 0 unspecified atom stereocenters. The van der Waals surface area contributed by atoms with E-state index in [4.69, 9.17) is 0 Å². The van der Waals surface area contributed by atoms with Gasteiger partial charge in [0.1, 0.15) is 0 Å². The van der Waals surface area contributed by atoms with E-state index in [2.05, 4.69) is 9.71 Å². The molecule has 1 aromatic heterocycles. The normalized spacial score (nSPS) is 11.4. The predicted octanol–water partition coefficient (Wildman–Crippen LogP) is 3.79. The molecule has 29 heavy (non-hydrogen) atoms. The lowest BCUT2D eigenvalue weighted by Gasteiger charge is -2.12. The highest BCUT2D eigenvalue weighted by molar-refractivity contribution is 7.92. The fourth-order valence-electron chi connectivity index (χ4n) is 3.09. The van der Waals surface area contributed by atoms with Gasteiger partial charge in [-0.2, -0.15) is 0 Å². The number of nitro benzene ring substituents is 1. The molecule has 8 nitrogen and oxygen atoms in total. The van der Waals surface area contributed by atoms with Crippen LogP contribution in [0.4, 0.5) is 11.6 Å². The Hall–Kier alpha value is -3.72. The summed E-state index contributed by atoms with van der Waals surface area (Å²) in [6, 6.07) is 22.0. The Morgan fingerprint density at radius 3 is 2.34 bits per heavy atom. The number of anilines is 1. The number of nitro groups is 1. The van der Waals surface area contributed by atoms with Crippen LogP contribution in [0.3, 0.4) is 0 Å². The van der Waals surface area contributed by atoms with E-state index < -0.39 is 25.5 Å². The number of para-hydroxylation sites is 3. The Balaban J connectivity index is 1.80. The zero-order valence-corrected chi connectivity index (χ0v) is 15.9. The summed E-state index contributed by atoms with van der Waals surface area (Å²) >= 11 is 0. The monoisotopic (exact) mass is 408 g/mol. The number of nitrogens with one attached hydrogen (secondary N) is 1. The zero-order valence-electron chi connectivity index (χ0n) is 15.1. The first-order chi connectivity index (χ1) is 14.0. The van der Waals surface area contributed by atoms with Gasteiger partial charge in [0, 0.05) is 6.07 Å². The van der Waals surface area contributed by atoms with Crippen LogP contribution in [0.15, 0.2) is 83.8 Å². The largest absolute Gasteiger partial charge is 0.305 e. The second kappa shape index (κ2) is 7.36. The average molecular weight is 408 g/mol. The van der Waals surface area contributed by atoms with E-state index in [9.17, 15) is 18.5 Å². The second-order valence-electron chi connectivity index (χ2n) is 6.33. The van der Waals surface area contributed by atoms with Crippen molar-refractivity contribution in [1.82, 2.24) is 9.55 Å². The summed E-state index contributed by atoms with van der Waals surface area (Å²) < 4.78 is 30.0. The number of aromatic nitrogens is 2. The number of hydrogen-bond donors (Lipinski definition) is 1. The van der Waals surface area contributed by atoms with Crippen LogP contribution in [0, 0.1) is 10.1 Å². The lowest BCUT2D eigenvalue weighted by Crippen LogP contribution is -2.18. The summed E-state index contributed by atoms with van der Waals surface area (Å²) in [7, 11) is -4.23.